The molecule has 0 aliphatic carbocycles. The molecule has 1 aromatic carbocycles. The van der Waals surface area contributed by atoms with Crippen LogP contribution in [0.3, 0.4) is 0 Å². The second-order valence-electron chi connectivity index (χ2n) is 4.63. The second-order valence-corrected chi connectivity index (χ2v) is 7.91. The third-order valence-corrected chi connectivity index (χ3v) is 5.58. The summed E-state index contributed by atoms with van der Waals surface area (Å²) in [6.07, 6.45) is 0. The number of thiazole rings is 1. The summed E-state index contributed by atoms with van der Waals surface area (Å²) in [5, 5.41) is 10.2. The Labute approximate surface area is 143 Å². The second kappa shape index (κ2) is 6.79. The van der Waals surface area contributed by atoms with Gasteiger partial charge in [0.05, 0.1) is 10.2 Å². The van der Waals surface area contributed by atoms with Crippen molar-refractivity contribution in [2.75, 3.05) is 12.5 Å². The topological polar surface area (TPSA) is 139 Å². The van der Waals surface area contributed by atoms with Crippen LogP contribution >= 0.6 is 30.9 Å². The zero-order chi connectivity index (χ0) is 17.3. The van der Waals surface area contributed by atoms with Gasteiger partial charge in [-0.05, 0) is 18.2 Å². The summed E-state index contributed by atoms with van der Waals surface area (Å²) in [4.78, 5) is 36.7. The molecule has 0 fully saturated rings. The first-order valence-corrected chi connectivity index (χ1v) is 9.82. The minimum Gasteiger partial charge on any atom is -0.480 e. The quantitative estimate of drug-likeness (QED) is 0.497. The first kappa shape index (κ1) is 17.3. The van der Waals surface area contributed by atoms with E-state index in [0.717, 1.165) is 4.70 Å². The molecule has 0 radical (unpaired) electrons. The molecule has 3 rings (SSSR count). The van der Waals surface area contributed by atoms with Gasteiger partial charge in [-0.1, -0.05) is 0 Å². The fourth-order valence-electron chi connectivity index (χ4n) is 1.87. The minimum absolute atomic E-state index is 0.371. The van der Waals surface area contributed by atoms with Crippen molar-refractivity contribution in [1.29, 1.82) is 0 Å². The van der Waals surface area contributed by atoms with Crippen LogP contribution in [0.25, 0.3) is 10.2 Å². The number of fused-ring (bicyclic) bond motifs is 1. The number of phosphoric acid groups is 1. The Kier molecular flexibility index (Phi) is 4.90. The molecule has 0 spiro atoms. The van der Waals surface area contributed by atoms with Gasteiger partial charge in [0.1, 0.15) is 15.8 Å². The van der Waals surface area contributed by atoms with Crippen LogP contribution in [0.1, 0.15) is 5.01 Å². The predicted molar refractivity (Wildman–Crippen MR) is 88.7 cm³/mol. The van der Waals surface area contributed by atoms with Crippen LogP contribution in [0.15, 0.2) is 23.2 Å². The van der Waals surface area contributed by atoms with E-state index in [0.29, 0.717) is 27.1 Å². The number of benzene rings is 1. The number of aromatic nitrogens is 1. The summed E-state index contributed by atoms with van der Waals surface area (Å²) in [6, 6.07) is 4.20. The number of hydrogen-bond donors (Lipinski definition) is 3. The zero-order valence-corrected chi connectivity index (χ0v) is 14.4. The summed E-state index contributed by atoms with van der Waals surface area (Å²) >= 11 is 2.68. The van der Waals surface area contributed by atoms with E-state index in [1.807, 2.05) is 0 Å². The van der Waals surface area contributed by atoms with Gasteiger partial charge in [0.15, 0.2) is 12.8 Å². The third kappa shape index (κ3) is 4.12. The molecule has 9 nitrogen and oxygen atoms in total. The number of thioether (sulfide) groups is 1. The number of aliphatic carboxylic acids is 1. The Morgan fingerprint density at radius 3 is 2.88 bits per heavy atom. The fourth-order valence-corrected chi connectivity index (χ4v) is 4.15. The van der Waals surface area contributed by atoms with E-state index in [1.54, 1.807) is 18.2 Å². The predicted octanol–water partition coefficient (Wildman–Crippen LogP) is 1.69. The van der Waals surface area contributed by atoms with Crippen LogP contribution in [0.2, 0.25) is 0 Å². The normalized spacial score (nSPS) is 17.9. The molecule has 24 heavy (non-hydrogen) atoms. The van der Waals surface area contributed by atoms with Crippen LogP contribution in [-0.4, -0.2) is 49.5 Å². The Bertz CT molecular complexity index is 862. The molecule has 2 aromatic rings. The van der Waals surface area contributed by atoms with E-state index in [1.165, 1.54) is 23.1 Å². The molecule has 1 atom stereocenters. The van der Waals surface area contributed by atoms with Gasteiger partial charge in [-0.15, -0.1) is 23.1 Å². The highest BCUT2D eigenvalue weighted by atomic mass is 32.2. The number of nitrogens with zero attached hydrogens (tertiary/aromatic N) is 2. The number of carboxylic acids is 1. The Morgan fingerprint density at radius 2 is 2.21 bits per heavy atom. The zero-order valence-electron chi connectivity index (χ0n) is 11.9. The van der Waals surface area contributed by atoms with Gasteiger partial charge in [-0.3, -0.25) is 4.99 Å². The van der Waals surface area contributed by atoms with Crippen molar-refractivity contribution in [3.05, 3.63) is 23.2 Å². The van der Waals surface area contributed by atoms with E-state index in [-0.39, 0.29) is 0 Å². The Morgan fingerprint density at radius 1 is 1.42 bits per heavy atom. The number of ether oxygens (including phenoxy) is 1. The molecule has 0 unspecified atom stereocenters. The van der Waals surface area contributed by atoms with E-state index in [4.69, 9.17) is 19.6 Å². The lowest BCUT2D eigenvalue weighted by atomic mass is 10.3. The van der Waals surface area contributed by atoms with Gasteiger partial charge in [-0.25, -0.2) is 18.9 Å². The van der Waals surface area contributed by atoms with Gasteiger partial charge in [0.2, 0.25) is 0 Å². The van der Waals surface area contributed by atoms with Crippen molar-refractivity contribution in [3.63, 3.8) is 0 Å². The van der Waals surface area contributed by atoms with E-state index < -0.39 is 26.6 Å². The summed E-state index contributed by atoms with van der Waals surface area (Å²) in [6.45, 7) is -0.579. The molecule has 2 heterocycles. The molecule has 128 valence electrons. The molecule has 1 aliphatic heterocycles. The first-order valence-electron chi connectivity index (χ1n) is 6.49. The smallest absolute Gasteiger partial charge is 0.472 e. The highest BCUT2D eigenvalue weighted by Gasteiger charge is 2.26. The van der Waals surface area contributed by atoms with Gasteiger partial charge < -0.3 is 19.6 Å². The molecular formula is C12H11N2O7PS2. The standard InChI is InChI=1S/C12H11N2O7PS2/c15-12(16)8-4-23-10(14-8)11-13-7-2-1-6(3-9(7)24-11)20-5-21-22(17,18)19/h1-3,8H,4-5H2,(H,15,16)(H2,17,18,19)/t8-/m1/s1. The first-order chi connectivity index (χ1) is 11.3. The van der Waals surface area contributed by atoms with E-state index in [9.17, 15) is 9.36 Å². The lowest BCUT2D eigenvalue weighted by molar-refractivity contribution is -0.137. The van der Waals surface area contributed by atoms with Gasteiger partial charge in [0.25, 0.3) is 0 Å². The van der Waals surface area contributed by atoms with Crippen LogP contribution in [0.5, 0.6) is 5.75 Å². The van der Waals surface area contributed by atoms with Crippen LogP contribution in [0, 0.1) is 0 Å². The highest BCUT2D eigenvalue weighted by molar-refractivity contribution is 8.15. The number of rotatable bonds is 6. The van der Waals surface area contributed by atoms with E-state index in [2.05, 4.69) is 14.5 Å². The van der Waals surface area contributed by atoms with Crippen molar-refractivity contribution in [1.82, 2.24) is 4.98 Å². The summed E-state index contributed by atoms with van der Waals surface area (Å²) in [7, 11) is -4.58. The maximum Gasteiger partial charge on any atom is 0.472 e. The molecule has 3 N–H and O–H groups in total. The molecule has 0 saturated carbocycles. The molecule has 0 saturated heterocycles. The number of aliphatic imine (C=N–C) groups is 1. The number of carbonyl (C=O) groups is 1. The summed E-state index contributed by atoms with van der Waals surface area (Å²) in [5.74, 6) is -0.204. The number of carboxylic acid groups (broad SMARTS) is 1. The molecule has 0 amide bonds. The van der Waals surface area contributed by atoms with Gasteiger partial charge in [0, 0.05) is 5.75 Å². The van der Waals surface area contributed by atoms with Crippen LogP contribution < -0.4 is 4.74 Å². The minimum atomic E-state index is -4.58. The van der Waals surface area contributed by atoms with Crippen molar-refractivity contribution in [2.45, 2.75) is 6.04 Å². The van der Waals surface area contributed by atoms with Crippen molar-refractivity contribution in [3.8, 4) is 5.75 Å². The van der Waals surface area contributed by atoms with Crippen molar-refractivity contribution >= 4 is 52.2 Å². The maximum absolute atomic E-state index is 10.9. The lowest BCUT2D eigenvalue weighted by Gasteiger charge is -2.07. The fraction of sp³-hybridized carbons (Fsp3) is 0.250. The highest BCUT2D eigenvalue weighted by Crippen LogP contribution is 2.36. The van der Waals surface area contributed by atoms with Gasteiger partial charge in [-0.2, -0.15) is 0 Å². The summed E-state index contributed by atoms with van der Waals surface area (Å²) < 4.78 is 20.7. The Balaban J connectivity index is 1.76. The molecule has 12 heteroatoms. The monoisotopic (exact) mass is 390 g/mol. The van der Waals surface area contributed by atoms with Gasteiger partial charge >= 0.3 is 13.8 Å². The molecule has 1 aliphatic rings. The molecule has 1 aromatic heterocycles. The average molecular weight is 390 g/mol. The maximum atomic E-state index is 10.9. The van der Waals surface area contributed by atoms with Crippen LogP contribution in [0.4, 0.5) is 0 Å². The molecular weight excluding hydrogens is 379 g/mol. The van der Waals surface area contributed by atoms with E-state index >= 15 is 0 Å². The molecule has 0 bridgehead atoms. The average Bonchev–Trinajstić information content (AvgIpc) is 3.12. The third-order valence-electron chi connectivity index (χ3n) is 2.93. The lowest BCUT2D eigenvalue weighted by Crippen LogP contribution is -2.17. The number of hydrogen-bond acceptors (Lipinski definition) is 8. The SMILES string of the molecule is O=C(O)[C@H]1CSC(c2nc3ccc(OCOP(=O)(O)O)cc3s2)=N1. The Hall–Kier alpha value is -1.49. The van der Waals surface area contributed by atoms with Crippen molar-refractivity contribution < 1.29 is 33.5 Å². The number of phosphoric ester groups is 1. The summed E-state index contributed by atoms with van der Waals surface area (Å²) in [5.41, 5.74) is 0.695. The largest absolute Gasteiger partial charge is 0.480 e. The van der Waals surface area contributed by atoms with Crippen molar-refractivity contribution in [2.24, 2.45) is 4.99 Å². The van der Waals surface area contributed by atoms with Crippen LogP contribution in [-0.2, 0) is 13.9 Å².